The Balaban J connectivity index is 2.13. The van der Waals surface area contributed by atoms with E-state index in [0.29, 0.717) is 6.61 Å². The number of rotatable bonds is 7. The van der Waals surface area contributed by atoms with Crippen LogP contribution >= 0.6 is 0 Å². The zero-order valence-electron chi connectivity index (χ0n) is 10.0. The van der Waals surface area contributed by atoms with E-state index in [1.165, 1.54) is 32.5 Å². The molecule has 2 N–H and O–H groups in total. The number of aliphatic hydroxyl groups is 1. The predicted octanol–water partition coefficient (Wildman–Crippen LogP) is 1.08. The van der Waals surface area contributed by atoms with Crippen LogP contribution in [0.1, 0.15) is 32.6 Å². The Kier molecular flexibility index (Phi) is 6.98. The molecule has 90 valence electrons. The summed E-state index contributed by atoms with van der Waals surface area (Å²) in [6, 6.07) is 0. The van der Waals surface area contributed by atoms with Crippen LogP contribution in [0.2, 0.25) is 0 Å². The van der Waals surface area contributed by atoms with Crippen LogP contribution in [-0.4, -0.2) is 49.3 Å². The fraction of sp³-hybridized carbons (Fsp3) is 1.00. The highest BCUT2D eigenvalue weighted by Crippen LogP contribution is 2.13. The lowest BCUT2D eigenvalue weighted by Gasteiger charge is -2.29. The molecule has 0 spiro atoms. The Labute approximate surface area is 93.9 Å². The van der Waals surface area contributed by atoms with Crippen molar-refractivity contribution in [2.24, 2.45) is 5.92 Å². The van der Waals surface area contributed by atoms with Gasteiger partial charge in [-0.05, 0) is 57.8 Å². The lowest BCUT2D eigenvalue weighted by molar-refractivity contribution is 0.202. The van der Waals surface area contributed by atoms with Gasteiger partial charge < -0.3 is 15.3 Å². The van der Waals surface area contributed by atoms with Gasteiger partial charge in [-0.1, -0.05) is 6.92 Å². The highest BCUT2D eigenvalue weighted by molar-refractivity contribution is 4.72. The second kappa shape index (κ2) is 8.08. The minimum absolute atomic E-state index is 0.338. The molecule has 0 bridgehead atoms. The minimum atomic E-state index is 0.338. The molecule has 1 aliphatic rings. The summed E-state index contributed by atoms with van der Waals surface area (Å²) in [6.07, 6.45) is 4.74. The molecule has 0 radical (unpaired) electrons. The van der Waals surface area contributed by atoms with Crippen LogP contribution in [0.3, 0.4) is 0 Å². The molecule has 1 aliphatic heterocycles. The SMILES string of the molecule is CCN(CCCCO)CC1CCNCC1. The molecular weight excluding hydrogens is 188 g/mol. The average Bonchev–Trinajstić information content (AvgIpc) is 2.29. The highest BCUT2D eigenvalue weighted by atomic mass is 16.2. The Hall–Kier alpha value is -0.120. The maximum Gasteiger partial charge on any atom is 0.0431 e. The summed E-state index contributed by atoms with van der Waals surface area (Å²) in [5.41, 5.74) is 0. The molecule has 0 unspecified atom stereocenters. The van der Waals surface area contributed by atoms with Crippen molar-refractivity contribution in [3.05, 3.63) is 0 Å². The molecule has 0 atom stereocenters. The largest absolute Gasteiger partial charge is 0.396 e. The van der Waals surface area contributed by atoms with Gasteiger partial charge in [0.05, 0.1) is 0 Å². The maximum atomic E-state index is 8.75. The summed E-state index contributed by atoms with van der Waals surface area (Å²) < 4.78 is 0. The van der Waals surface area contributed by atoms with Crippen LogP contribution in [-0.2, 0) is 0 Å². The van der Waals surface area contributed by atoms with Gasteiger partial charge in [0.2, 0.25) is 0 Å². The van der Waals surface area contributed by atoms with Crippen LogP contribution in [0.5, 0.6) is 0 Å². The smallest absolute Gasteiger partial charge is 0.0431 e. The van der Waals surface area contributed by atoms with Crippen LogP contribution in [0.4, 0.5) is 0 Å². The number of piperidine rings is 1. The number of hydrogen-bond donors (Lipinski definition) is 2. The molecule has 0 aromatic carbocycles. The van der Waals surface area contributed by atoms with E-state index in [1.54, 1.807) is 0 Å². The van der Waals surface area contributed by atoms with Crippen molar-refractivity contribution in [3.8, 4) is 0 Å². The Morgan fingerprint density at radius 3 is 2.60 bits per heavy atom. The van der Waals surface area contributed by atoms with Gasteiger partial charge in [-0.3, -0.25) is 0 Å². The minimum Gasteiger partial charge on any atom is -0.396 e. The molecule has 3 heteroatoms. The molecule has 1 fully saturated rings. The van der Waals surface area contributed by atoms with Gasteiger partial charge in [-0.15, -0.1) is 0 Å². The lowest BCUT2D eigenvalue weighted by atomic mass is 9.97. The summed E-state index contributed by atoms with van der Waals surface area (Å²) >= 11 is 0. The number of nitrogens with zero attached hydrogens (tertiary/aromatic N) is 1. The number of unbranched alkanes of at least 4 members (excludes halogenated alkanes) is 1. The van der Waals surface area contributed by atoms with E-state index in [9.17, 15) is 0 Å². The van der Waals surface area contributed by atoms with E-state index in [4.69, 9.17) is 5.11 Å². The van der Waals surface area contributed by atoms with Gasteiger partial charge in [-0.25, -0.2) is 0 Å². The molecule has 15 heavy (non-hydrogen) atoms. The Morgan fingerprint density at radius 1 is 1.27 bits per heavy atom. The third kappa shape index (κ3) is 5.50. The van der Waals surface area contributed by atoms with E-state index >= 15 is 0 Å². The molecule has 3 nitrogen and oxygen atoms in total. The lowest BCUT2D eigenvalue weighted by Crippen LogP contribution is -2.36. The van der Waals surface area contributed by atoms with Crippen LogP contribution < -0.4 is 5.32 Å². The standard InChI is InChI=1S/C12H26N2O/c1-2-14(9-3-4-10-15)11-12-5-7-13-8-6-12/h12-13,15H,2-11H2,1H3. The zero-order valence-corrected chi connectivity index (χ0v) is 10.0. The summed E-state index contributed by atoms with van der Waals surface area (Å²) in [7, 11) is 0. The maximum absolute atomic E-state index is 8.75. The first kappa shape index (κ1) is 12.9. The fourth-order valence-electron chi connectivity index (χ4n) is 2.26. The molecule has 0 aromatic rings. The number of nitrogens with one attached hydrogen (secondary N) is 1. The van der Waals surface area contributed by atoms with Gasteiger partial charge >= 0.3 is 0 Å². The van der Waals surface area contributed by atoms with Crippen LogP contribution in [0.25, 0.3) is 0 Å². The molecule has 0 aromatic heterocycles. The molecule has 0 amide bonds. The third-order valence-electron chi connectivity index (χ3n) is 3.30. The zero-order chi connectivity index (χ0) is 10.9. The monoisotopic (exact) mass is 214 g/mol. The third-order valence-corrected chi connectivity index (χ3v) is 3.30. The van der Waals surface area contributed by atoms with Crippen molar-refractivity contribution >= 4 is 0 Å². The summed E-state index contributed by atoms with van der Waals surface area (Å²) in [5.74, 6) is 0.889. The predicted molar refractivity (Wildman–Crippen MR) is 64.0 cm³/mol. The normalized spacial score (nSPS) is 18.6. The first-order valence-corrected chi connectivity index (χ1v) is 6.40. The van der Waals surface area contributed by atoms with Crippen molar-refractivity contribution in [2.75, 3.05) is 39.3 Å². The van der Waals surface area contributed by atoms with Crippen molar-refractivity contribution in [2.45, 2.75) is 32.6 Å². The van der Waals surface area contributed by atoms with Crippen molar-refractivity contribution < 1.29 is 5.11 Å². The van der Waals surface area contributed by atoms with E-state index < -0.39 is 0 Å². The Bertz CT molecular complexity index is 147. The summed E-state index contributed by atoms with van der Waals surface area (Å²) in [6.45, 7) is 8.52. The van der Waals surface area contributed by atoms with Crippen LogP contribution in [0.15, 0.2) is 0 Å². The topological polar surface area (TPSA) is 35.5 Å². The van der Waals surface area contributed by atoms with Gasteiger partial charge in [0.1, 0.15) is 0 Å². The molecule has 0 aliphatic carbocycles. The molecule has 1 saturated heterocycles. The second-order valence-corrected chi connectivity index (χ2v) is 4.52. The van der Waals surface area contributed by atoms with Crippen molar-refractivity contribution in [1.29, 1.82) is 0 Å². The van der Waals surface area contributed by atoms with Crippen molar-refractivity contribution in [1.82, 2.24) is 10.2 Å². The molecule has 0 saturated carbocycles. The fourth-order valence-corrected chi connectivity index (χ4v) is 2.26. The van der Waals surface area contributed by atoms with Gasteiger partial charge in [-0.2, -0.15) is 0 Å². The average molecular weight is 214 g/mol. The van der Waals surface area contributed by atoms with Gasteiger partial charge in [0, 0.05) is 13.2 Å². The second-order valence-electron chi connectivity index (χ2n) is 4.52. The summed E-state index contributed by atoms with van der Waals surface area (Å²) in [4.78, 5) is 2.53. The quantitative estimate of drug-likeness (QED) is 0.623. The molecule has 1 heterocycles. The molecule has 1 rings (SSSR count). The highest BCUT2D eigenvalue weighted by Gasteiger charge is 2.15. The summed E-state index contributed by atoms with van der Waals surface area (Å²) in [5, 5.41) is 12.2. The van der Waals surface area contributed by atoms with Gasteiger partial charge in [0.15, 0.2) is 0 Å². The number of aliphatic hydroxyl groups excluding tert-OH is 1. The Morgan fingerprint density at radius 2 is 2.00 bits per heavy atom. The van der Waals surface area contributed by atoms with E-state index in [0.717, 1.165) is 31.8 Å². The number of hydrogen-bond acceptors (Lipinski definition) is 3. The first-order chi connectivity index (χ1) is 7.36. The van der Waals surface area contributed by atoms with Crippen LogP contribution in [0, 0.1) is 5.92 Å². The van der Waals surface area contributed by atoms with E-state index in [1.807, 2.05) is 0 Å². The van der Waals surface area contributed by atoms with Crippen molar-refractivity contribution in [3.63, 3.8) is 0 Å². The van der Waals surface area contributed by atoms with E-state index in [-0.39, 0.29) is 0 Å². The first-order valence-electron chi connectivity index (χ1n) is 6.40. The molecular formula is C12H26N2O. The van der Waals surface area contributed by atoms with E-state index in [2.05, 4.69) is 17.1 Å². The van der Waals surface area contributed by atoms with Gasteiger partial charge in [0.25, 0.3) is 0 Å².